The Balaban J connectivity index is 1.25. The van der Waals surface area contributed by atoms with Crippen LogP contribution in [0.3, 0.4) is 0 Å². The quantitative estimate of drug-likeness (QED) is 0.605. The number of carbonyl (C=O) groups is 2. The molecule has 3 atom stereocenters. The minimum atomic E-state index is -1.81. The van der Waals surface area contributed by atoms with Crippen molar-refractivity contribution in [3.05, 3.63) is 77.4 Å². The number of hydrogen-bond acceptors (Lipinski definition) is 4. The van der Waals surface area contributed by atoms with Gasteiger partial charge in [-0.25, -0.2) is 0 Å². The molecule has 3 unspecified atom stereocenters. The third kappa shape index (κ3) is 3.31. The summed E-state index contributed by atoms with van der Waals surface area (Å²) in [6.45, 7) is 4.09. The molecule has 6 heteroatoms. The van der Waals surface area contributed by atoms with Crippen molar-refractivity contribution in [3.63, 3.8) is 0 Å². The molecule has 1 aliphatic carbocycles. The topological polar surface area (TPSA) is 64.1 Å². The van der Waals surface area contributed by atoms with Crippen LogP contribution in [0.5, 0.6) is 0 Å². The lowest BCUT2D eigenvalue weighted by molar-refractivity contribution is -0.146. The van der Waals surface area contributed by atoms with Gasteiger partial charge < -0.3 is 14.9 Å². The van der Waals surface area contributed by atoms with E-state index >= 15 is 0 Å². The highest BCUT2D eigenvalue weighted by Gasteiger charge is 2.53. The van der Waals surface area contributed by atoms with Gasteiger partial charge in [-0.05, 0) is 40.8 Å². The molecule has 3 aromatic rings. The van der Waals surface area contributed by atoms with E-state index in [2.05, 4.69) is 48.2 Å². The van der Waals surface area contributed by atoms with Gasteiger partial charge in [0.25, 0.3) is 5.91 Å². The molecule has 0 aromatic heterocycles. The lowest BCUT2D eigenvalue weighted by Gasteiger charge is -2.41. The van der Waals surface area contributed by atoms with E-state index in [0.717, 1.165) is 31.6 Å². The van der Waals surface area contributed by atoms with Crippen molar-refractivity contribution in [1.29, 1.82) is 0 Å². The Morgan fingerprint density at radius 3 is 2.36 bits per heavy atom. The Hall–Kier alpha value is -3.22. The molecular weight excluding hydrogens is 450 g/mol. The lowest BCUT2D eigenvalue weighted by Crippen LogP contribution is -2.51. The van der Waals surface area contributed by atoms with Gasteiger partial charge in [0.1, 0.15) is 0 Å². The molecule has 6 nitrogen and oxygen atoms in total. The smallest absolute Gasteiger partial charge is 0.264 e. The first kappa shape index (κ1) is 23.2. The molecule has 2 heterocycles. The number of piperidine rings is 1. The zero-order valence-electron chi connectivity index (χ0n) is 21.1. The van der Waals surface area contributed by atoms with Crippen molar-refractivity contribution in [3.8, 4) is 0 Å². The maximum atomic E-state index is 13.7. The number of benzene rings is 3. The monoisotopic (exact) mass is 483 g/mol. The van der Waals surface area contributed by atoms with Crippen LogP contribution in [0, 0.1) is 0 Å². The average Bonchev–Trinajstić information content (AvgIpc) is 3.29. The van der Waals surface area contributed by atoms with E-state index in [1.165, 1.54) is 26.8 Å². The highest BCUT2D eigenvalue weighted by atomic mass is 16.3. The average molecular weight is 484 g/mol. The van der Waals surface area contributed by atoms with E-state index < -0.39 is 5.60 Å². The Morgan fingerprint density at radius 2 is 1.67 bits per heavy atom. The maximum absolute atomic E-state index is 13.7. The van der Waals surface area contributed by atoms with Crippen molar-refractivity contribution in [2.45, 2.75) is 49.8 Å². The van der Waals surface area contributed by atoms with Crippen LogP contribution in [-0.2, 0) is 15.2 Å². The fourth-order valence-electron chi connectivity index (χ4n) is 6.77. The van der Waals surface area contributed by atoms with Crippen molar-refractivity contribution in [1.82, 2.24) is 9.80 Å². The minimum Gasteiger partial charge on any atom is -0.375 e. The molecule has 2 amide bonds. The highest BCUT2D eigenvalue weighted by molar-refractivity contribution is 6.09. The normalized spacial score (nSPS) is 26.0. The second-order valence-corrected chi connectivity index (χ2v) is 10.8. The molecular formula is C30H33N3O3. The van der Waals surface area contributed by atoms with Gasteiger partial charge in [-0.15, -0.1) is 0 Å². The number of likely N-dealkylation sites (tertiary alicyclic amines) is 1. The second-order valence-electron chi connectivity index (χ2n) is 10.8. The molecule has 3 aromatic carbocycles. The Labute approximate surface area is 212 Å². The number of para-hydroxylation sites is 1. The molecule has 0 radical (unpaired) electrons. The summed E-state index contributed by atoms with van der Waals surface area (Å²) in [7, 11) is 3.29. The summed E-state index contributed by atoms with van der Waals surface area (Å²) in [4.78, 5) is 32.0. The first-order chi connectivity index (χ1) is 17.3. The van der Waals surface area contributed by atoms with Crippen LogP contribution in [0.15, 0.2) is 60.7 Å². The fraction of sp³-hybridized carbons (Fsp3) is 0.400. The first-order valence-electron chi connectivity index (χ1n) is 12.9. The number of rotatable bonds is 4. The summed E-state index contributed by atoms with van der Waals surface area (Å²) >= 11 is 0. The van der Waals surface area contributed by atoms with Crippen molar-refractivity contribution in [2.75, 3.05) is 32.1 Å². The SMILES string of the molecule is CC1c2cccc3cccc(c23)C1N1CCC(N2C(=O)C(O)(CC(=O)N(C)C)c3ccccc32)CC1. The number of fused-ring (bicyclic) bond motifs is 1. The highest BCUT2D eigenvalue weighted by Crippen LogP contribution is 2.50. The predicted molar refractivity (Wildman–Crippen MR) is 141 cm³/mol. The minimum absolute atomic E-state index is 0.00624. The van der Waals surface area contributed by atoms with Gasteiger partial charge in [0.05, 0.1) is 12.1 Å². The lowest BCUT2D eigenvalue weighted by atomic mass is 9.91. The van der Waals surface area contributed by atoms with E-state index in [4.69, 9.17) is 0 Å². The third-order valence-corrected chi connectivity index (χ3v) is 8.60. The van der Waals surface area contributed by atoms with Crippen LogP contribution in [0.1, 0.15) is 54.8 Å². The Morgan fingerprint density at radius 1 is 1.00 bits per heavy atom. The number of amides is 2. The van der Waals surface area contributed by atoms with Gasteiger partial charge in [0, 0.05) is 50.7 Å². The zero-order valence-corrected chi connectivity index (χ0v) is 21.1. The molecule has 36 heavy (non-hydrogen) atoms. The van der Waals surface area contributed by atoms with Crippen LogP contribution >= 0.6 is 0 Å². The molecule has 0 spiro atoms. The van der Waals surface area contributed by atoms with Crippen molar-refractivity contribution < 1.29 is 14.7 Å². The molecule has 6 rings (SSSR count). The first-order valence-corrected chi connectivity index (χ1v) is 12.9. The van der Waals surface area contributed by atoms with Gasteiger partial charge in [0.15, 0.2) is 5.60 Å². The van der Waals surface area contributed by atoms with Gasteiger partial charge in [-0.1, -0.05) is 61.5 Å². The van der Waals surface area contributed by atoms with Gasteiger partial charge in [-0.3, -0.25) is 14.5 Å². The van der Waals surface area contributed by atoms with E-state index in [0.29, 0.717) is 17.5 Å². The molecule has 1 fully saturated rings. The number of anilines is 1. The molecule has 1 N–H and O–H groups in total. The Kier molecular flexibility index (Phi) is 5.43. The summed E-state index contributed by atoms with van der Waals surface area (Å²) in [5, 5.41) is 14.2. The zero-order chi connectivity index (χ0) is 25.2. The molecule has 0 saturated carbocycles. The number of nitrogens with zero attached hydrogens (tertiary/aromatic N) is 3. The summed E-state index contributed by atoms with van der Waals surface area (Å²) in [6.07, 6.45) is 1.41. The van der Waals surface area contributed by atoms with Gasteiger partial charge in [-0.2, -0.15) is 0 Å². The number of carbonyl (C=O) groups excluding carboxylic acids is 2. The van der Waals surface area contributed by atoms with Gasteiger partial charge in [0.2, 0.25) is 5.91 Å². The summed E-state index contributed by atoms with van der Waals surface area (Å²) in [5.41, 5.74) is 2.30. The largest absolute Gasteiger partial charge is 0.375 e. The molecule has 0 bridgehead atoms. The van der Waals surface area contributed by atoms with Crippen LogP contribution < -0.4 is 4.90 Å². The molecule has 2 aliphatic heterocycles. The summed E-state index contributed by atoms with van der Waals surface area (Å²) in [5.74, 6) is -0.219. The van der Waals surface area contributed by atoms with Crippen LogP contribution in [-0.4, -0.2) is 59.9 Å². The fourth-order valence-corrected chi connectivity index (χ4v) is 6.77. The molecule has 1 saturated heterocycles. The standard InChI is InChI=1S/C30H33N3O3/c1-19-22-10-6-8-20-9-7-11-23(27(20)22)28(19)32-16-14-21(15-17-32)33-25-13-5-4-12-24(25)30(36,29(33)35)18-26(34)31(2)3/h4-13,19,21,28,36H,14-18H2,1-3H3. The number of hydrogen-bond donors (Lipinski definition) is 1. The predicted octanol–water partition coefficient (Wildman–Crippen LogP) is 4.18. The Bertz CT molecular complexity index is 1360. The van der Waals surface area contributed by atoms with Crippen molar-refractivity contribution >= 4 is 28.3 Å². The van der Waals surface area contributed by atoms with E-state index in [9.17, 15) is 14.7 Å². The third-order valence-electron chi connectivity index (χ3n) is 8.60. The van der Waals surface area contributed by atoms with Crippen molar-refractivity contribution in [2.24, 2.45) is 0 Å². The maximum Gasteiger partial charge on any atom is 0.264 e. The number of aliphatic hydroxyl groups is 1. The van der Waals surface area contributed by atoms with Crippen LogP contribution in [0.4, 0.5) is 5.69 Å². The van der Waals surface area contributed by atoms with Crippen LogP contribution in [0.25, 0.3) is 10.8 Å². The van der Waals surface area contributed by atoms with E-state index in [1.54, 1.807) is 25.1 Å². The van der Waals surface area contributed by atoms with Crippen LogP contribution in [0.2, 0.25) is 0 Å². The van der Waals surface area contributed by atoms with Gasteiger partial charge >= 0.3 is 0 Å². The molecule has 3 aliphatic rings. The second kappa shape index (κ2) is 8.43. The van der Waals surface area contributed by atoms with E-state index in [-0.39, 0.29) is 24.3 Å². The summed E-state index contributed by atoms with van der Waals surface area (Å²) < 4.78 is 0. The molecule has 186 valence electrons. The van der Waals surface area contributed by atoms with E-state index in [1.807, 2.05) is 18.2 Å². The summed E-state index contributed by atoms with van der Waals surface area (Å²) in [6, 6.07) is 21.0.